The van der Waals surface area contributed by atoms with Gasteiger partial charge in [-0.25, -0.2) is 0 Å². The fourth-order valence-electron chi connectivity index (χ4n) is 4.20. The van der Waals surface area contributed by atoms with Crippen LogP contribution in [-0.4, -0.2) is 42.6 Å². The molecule has 0 aliphatic heterocycles. The number of aliphatic hydroxyl groups is 1. The molecule has 0 radical (unpaired) electrons. The van der Waals surface area contributed by atoms with Gasteiger partial charge in [0.2, 0.25) is 0 Å². The van der Waals surface area contributed by atoms with Crippen molar-refractivity contribution in [2.24, 2.45) is 11.8 Å². The Labute approximate surface area is 180 Å². The van der Waals surface area contributed by atoms with E-state index in [9.17, 15) is 19.5 Å². The molecule has 0 bridgehead atoms. The molecule has 0 spiro atoms. The number of Topliss-reactive ketones (excluding diaryl/α,β-unsaturated/α-hetero) is 1. The number of ether oxygens (including phenoxy) is 3. The van der Waals surface area contributed by atoms with Crippen LogP contribution in [0.4, 0.5) is 0 Å². The number of ketones is 1. The van der Waals surface area contributed by atoms with E-state index in [0.29, 0.717) is 17.9 Å². The highest BCUT2D eigenvalue weighted by atomic mass is 16.5. The van der Waals surface area contributed by atoms with E-state index < -0.39 is 41.1 Å². The normalized spacial score (nSPS) is 25.5. The number of benzene rings is 2. The predicted molar refractivity (Wildman–Crippen MR) is 111 cm³/mol. The average Bonchev–Trinajstić information content (AvgIpc) is 2.76. The maximum atomic E-state index is 12.7. The van der Waals surface area contributed by atoms with Crippen LogP contribution in [-0.2, 0) is 30.5 Å². The van der Waals surface area contributed by atoms with Gasteiger partial charge in [0.25, 0.3) is 0 Å². The third-order valence-electron chi connectivity index (χ3n) is 5.69. The maximum Gasteiger partial charge on any atom is 0.316 e. The number of methoxy groups -OCH3 is 2. The zero-order valence-corrected chi connectivity index (χ0v) is 17.7. The number of esters is 2. The van der Waals surface area contributed by atoms with E-state index in [1.165, 1.54) is 21.1 Å². The second-order valence-electron chi connectivity index (χ2n) is 7.87. The lowest BCUT2D eigenvalue weighted by Crippen LogP contribution is -2.55. The molecule has 2 aromatic rings. The van der Waals surface area contributed by atoms with Gasteiger partial charge in [-0.2, -0.15) is 0 Å². The van der Waals surface area contributed by atoms with Crippen LogP contribution in [0.3, 0.4) is 0 Å². The Morgan fingerprint density at radius 1 is 1.00 bits per heavy atom. The van der Waals surface area contributed by atoms with Gasteiger partial charge in [-0.3, -0.25) is 14.4 Å². The Morgan fingerprint density at radius 2 is 1.61 bits per heavy atom. The van der Waals surface area contributed by atoms with Crippen LogP contribution < -0.4 is 4.74 Å². The lowest BCUT2D eigenvalue weighted by molar-refractivity contribution is -0.170. The van der Waals surface area contributed by atoms with Crippen molar-refractivity contribution in [1.29, 1.82) is 0 Å². The van der Waals surface area contributed by atoms with Gasteiger partial charge >= 0.3 is 11.9 Å². The van der Waals surface area contributed by atoms with Crippen LogP contribution in [0.5, 0.6) is 5.75 Å². The van der Waals surface area contributed by atoms with Gasteiger partial charge in [-0.05, 0) is 30.2 Å². The third kappa shape index (κ3) is 4.77. The summed E-state index contributed by atoms with van der Waals surface area (Å²) >= 11 is 0. The summed E-state index contributed by atoms with van der Waals surface area (Å²) in [5.74, 6) is -4.60. The Balaban J connectivity index is 1.93. The van der Waals surface area contributed by atoms with Crippen molar-refractivity contribution in [3.8, 4) is 5.75 Å². The first kappa shape index (κ1) is 22.5. The lowest BCUT2D eigenvalue weighted by Gasteiger charge is -2.43. The van der Waals surface area contributed by atoms with Crippen LogP contribution in [0.1, 0.15) is 30.4 Å². The van der Waals surface area contributed by atoms with Gasteiger partial charge in [0.05, 0.1) is 25.7 Å². The lowest BCUT2D eigenvalue weighted by atomic mass is 9.62. The number of rotatable bonds is 6. The highest BCUT2D eigenvalue weighted by Gasteiger charge is 2.56. The van der Waals surface area contributed by atoms with Gasteiger partial charge in [-0.1, -0.05) is 42.5 Å². The zero-order valence-electron chi connectivity index (χ0n) is 17.7. The van der Waals surface area contributed by atoms with Crippen molar-refractivity contribution in [2.45, 2.75) is 31.5 Å². The van der Waals surface area contributed by atoms with Gasteiger partial charge in [-0.15, -0.1) is 0 Å². The molecule has 1 saturated carbocycles. The summed E-state index contributed by atoms with van der Waals surface area (Å²) in [5.41, 5.74) is -0.120. The first-order valence-corrected chi connectivity index (χ1v) is 9.96. The topological polar surface area (TPSA) is 99.1 Å². The zero-order chi connectivity index (χ0) is 22.6. The molecule has 7 heteroatoms. The summed E-state index contributed by atoms with van der Waals surface area (Å²) in [6.07, 6.45) is -0.346. The van der Waals surface area contributed by atoms with Crippen molar-refractivity contribution >= 4 is 17.7 Å². The van der Waals surface area contributed by atoms with E-state index in [2.05, 4.69) is 0 Å². The summed E-state index contributed by atoms with van der Waals surface area (Å²) in [5, 5.41) is 10.9. The molecule has 1 fully saturated rings. The molecule has 7 nitrogen and oxygen atoms in total. The molecule has 31 heavy (non-hydrogen) atoms. The van der Waals surface area contributed by atoms with Gasteiger partial charge in [0, 0.05) is 12.3 Å². The molecular formula is C24H26O7. The Hall–Kier alpha value is -3.19. The average molecular weight is 426 g/mol. The summed E-state index contributed by atoms with van der Waals surface area (Å²) in [4.78, 5) is 37.8. The SMILES string of the molecule is COC(=O)[C@@H]1C(=O)C[C@](C)(O)[C@@H](C(=O)OC)[C@@H]1c1ccc(OCc2ccccc2)cc1. The highest BCUT2D eigenvalue weighted by molar-refractivity contribution is 6.02. The highest BCUT2D eigenvalue weighted by Crippen LogP contribution is 2.46. The molecule has 0 unspecified atom stereocenters. The van der Waals surface area contributed by atoms with E-state index in [4.69, 9.17) is 14.2 Å². The number of carbonyl (C=O) groups excluding carboxylic acids is 3. The third-order valence-corrected chi connectivity index (χ3v) is 5.69. The second-order valence-corrected chi connectivity index (χ2v) is 7.87. The second kappa shape index (κ2) is 9.31. The smallest absolute Gasteiger partial charge is 0.316 e. The fourth-order valence-corrected chi connectivity index (χ4v) is 4.20. The number of hydrogen-bond donors (Lipinski definition) is 1. The molecule has 1 N–H and O–H groups in total. The predicted octanol–water partition coefficient (Wildman–Crippen LogP) is 2.65. The molecule has 2 aromatic carbocycles. The Bertz CT molecular complexity index is 934. The molecule has 164 valence electrons. The van der Waals surface area contributed by atoms with Crippen molar-refractivity contribution in [2.75, 3.05) is 14.2 Å². The maximum absolute atomic E-state index is 12.7. The fraction of sp³-hybridized carbons (Fsp3) is 0.375. The molecule has 0 amide bonds. The van der Waals surface area contributed by atoms with Crippen molar-refractivity contribution in [1.82, 2.24) is 0 Å². The largest absolute Gasteiger partial charge is 0.489 e. The van der Waals surface area contributed by atoms with E-state index in [1.54, 1.807) is 24.3 Å². The number of carbonyl (C=O) groups is 3. The molecule has 3 rings (SSSR count). The van der Waals surface area contributed by atoms with Crippen molar-refractivity contribution in [3.05, 3.63) is 65.7 Å². The van der Waals surface area contributed by atoms with Crippen LogP contribution >= 0.6 is 0 Å². The van der Waals surface area contributed by atoms with E-state index in [0.717, 1.165) is 5.56 Å². The Morgan fingerprint density at radius 3 is 2.19 bits per heavy atom. The summed E-state index contributed by atoms with van der Waals surface area (Å²) in [6, 6.07) is 16.5. The molecular weight excluding hydrogens is 400 g/mol. The molecule has 4 atom stereocenters. The monoisotopic (exact) mass is 426 g/mol. The minimum atomic E-state index is -1.66. The molecule has 0 aromatic heterocycles. The first-order valence-electron chi connectivity index (χ1n) is 9.96. The minimum Gasteiger partial charge on any atom is -0.489 e. The van der Waals surface area contributed by atoms with Crippen LogP contribution in [0, 0.1) is 11.8 Å². The van der Waals surface area contributed by atoms with Crippen molar-refractivity contribution < 1.29 is 33.7 Å². The van der Waals surface area contributed by atoms with Crippen LogP contribution in [0.2, 0.25) is 0 Å². The van der Waals surface area contributed by atoms with Gasteiger partial charge in [0.15, 0.2) is 5.78 Å². The van der Waals surface area contributed by atoms with E-state index in [1.807, 2.05) is 30.3 Å². The molecule has 0 saturated heterocycles. The van der Waals surface area contributed by atoms with E-state index >= 15 is 0 Å². The van der Waals surface area contributed by atoms with Gasteiger partial charge < -0.3 is 19.3 Å². The summed E-state index contributed by atoms with van der Waals surface area (Å²) in [7, 11) is 2.40. The first-order chi connectivity index (χ1) is 14.8. The standard InChI is InChI=1S/C24H26O7/c1-24(28)13-18(25)20(22(26)29-2)19(21(24)23(27)30-3)16-9-11-17(12-10-16)31-14-15-7-5-4-6-8-15/h4-12,19-21,28H,13-14H2,1-3H3/t19-,20-,21-,24+/m1/s1. The quantitative estimate of drug-likeness (QED) is 0.560. The van der Waals surface area contributed by atoms with Gasteiger partial charge in [0.1, 0.15) is 18.3 Å². The van der Waals surface area contributed by atoms with E-state index in [-0.39, 0.29) is 6.42 Å². The summed E-state index contributed by atoms with van der Waals surface area (Å²) in [6.45, 7) is 1.79. The van der Waals surface area contributed by atoms with Crippen LogP contribution in [0.15, 0.2) is 54.6 Å². The molecule has 1 aliphatic carbocycles. The minimum absolute atomic E-state index is 0.346. The number of hydrogen-bond acceptors (Lipinski definition) is 7. The van der Waals surface area contributed by atoms with Crippen molar-refractivity contribution in [3.63, 3.8) is 0 Å². The Kier molecular flexibility index (Phi) is 6.75. The molecule has 0 heterocycles. The molecule has 1 aliphatic rings. The summed E-state index contributed by atoms with van der Waals surface area (Å²) < 4.78 is 15.5. The van der Waals surface area contributed by atoms with Crippen LogP contribution in [0.25, 0.3) is 0 Å².